The lowest BCUT2D eigenvalue weighted by atomic mass is 9.84. The molecule has 2 aliphatic rings. The molecule has 1 saturated carbocycles. The molecule has 14 nitrogen and oxygen atoms in total. The maximum absolute atomic E-state index is 14.1. The van der Waals surface area contributed by atoms with Crippen molar-refractivity contribution in [1.82, 2.24) is 36.6 Å². The first-order chi connectivity index (χ1) is 26.4. The first-order valence-corrected chi connectivity index (χ1v) is 19.0. The number of pyridine rings is 1. The fraction of sp³-hybridized carbons (Fsp3) is 0.415. The number of hydrogen-bond acceptors (Lipinski definition) is 8. The van der Waals surface area contributed by atoms with Crippen LogP contribution in [0.1, 0.15) is 87.0 Å². The second-order valence-electron chi connectivity index (χ2n) is 14.9. The molecular formula is C41H50N8O6. The van der Waals surface area contributed by atoms with Crippen molar-refractivity contribution < 1.29 is 29.1 Å². The molecule has 3 heterocycles. The number of carboxylic acid groups (broad SMARTS) is 1. The number of nitrogens with zero attached hydrogens (tertiary/aromatic N) is 1. The molecule has 2 aromatic carbocycles. The quantitative estimate of drug-likeness (QED) is 0.0948. The van der Waals surface area contributed by atoms with Gasteiger partial charge in [0.25, 0.3) is 0 Å². The first kappa shape index (κ1) is 39.1. The topological polar surface area (TPSA) is 220 Å². The van der Waals surface area contributed by atoms with Crippen LogP contribution in [0.4, 0.5) is 0 Å². The molecule has 1 aliphatic carbocycles. The number of benzene rings is 2. The van der Waals surface area contributed by atoms with Crippen molar-refractivity contribution in [2.24, 2.45) is 11.7 Å². The van der Waals surface area contributed by atoms with Gasteiger partial charge < -0.3 is 37.1 Å². The Morgan fingerprint density at radius 3 is 2.33 bits per heavy atom. The number of aliphatic carboxylic acids is 1. The van der Waals surface area contributed by atoms with Gasteiger partial charge in [-0.2, -0.15) is 0 Å². The summed E-state index contributed by atoms with van der Waals surface area (Å²) >= 11 is 0. The number of hydrogen-bond donors (Lipinski definition) is 8. The van der Waals surface area contributed by atoms with Crippen LogP contribution in [0.5, 0.6) is 0 Å². The normalized spacial score (nSPS) is 19.8. The first-order valence-electron chi connectivity index (χ1n) is 19.0. The Morgan fingerprint density at radius 2 is 1.62 bits per heavy atom. The van der Waals surface area contributed by atoms with Crippen molar-refractivity contribution in [3.05, 3.63) is 102 Å². The number of nitrogens with one attached hydrogen (secondary N) is 6. The van der Waals surface area contributed by atoms with E-state index in [1.165, 1.54) is 13.8 Å². The molecule has 0 bridgehead atoms. The van der Waals surface area contributed by atoms with Crippen LogP contribution in [-0.2, 0) is 35.9 Å². The predicted octanol–water partition coefficient (Wildman–Crippen LogP) is 3.01. The van der Waals surface area contributed by atoms with Gasteiger partial charge in [-0.05, 0) is 61.9 Å². The highest BCUT2D eigenvalue weighted by Gasteiger charge is 2.38. The minimum atomic E-state index is -1.53. The standard InChI is InChI=1S/C41H50N8O6/c1-24(39(53)54)45-36(50)30(21-25-13-5-3-6-14-25)48-37(51)31-22-28-27-17-9-10-18-29(27)47-35(28)32(46-31)23-44-38(52)34(26-15-7-4-8-16-26)49-40(55)41(2,42)33-19-11-12-20-43-33/h4,7-12,15-20,24-25,30-32,34,46-47H,3,5-6,13-14,21-23,42H2,1-2H3,(H,44,52)(H,45,50)(H,48,51)(H,49,55)(H,53,54)/t24-,30-,31?,32?,34-,41+/m0/s1. The highest BCUT2D eigenvalue weighted by Crippen LogP contribution is 2.32. The Labute approximate surface area is 319 Å². The van der Waals surface area contributed by atoms with Crippen LogP contribution in [0.25, 0.3) is 10.9 Å². The molecular weight excluding hydrogens is 701 g/mol. The van der Waals surface area contributed by atoms with Gasteiger partial charge in [-0.3, -0.25) is 34.3 Å². The summed E-state index contributed by atoms with van der Waals surface area (Å²) in [6.07, 6.45) is 7.36. The highest BCUT2D eigenvalue weighted by atomic mass is 16.4. The van der Waals surface area contributed by atoms with E-state index in [0.29, 0.717) is 24.1 Å². The van der Waals surface area contributed by atoms with Crippen LogP contribution in [0, 0.1) is 5.92 Å². The van der Waals surface area contributed by atoms with Crippen LogP contribution in [-0.4, -0.2) is 69.3 Å². The van der Waals surface area contributed by atoms with Crippen molar-refractivity contribution in [3.8, 4) is 0 Å². The SMILES string of the molecule is C[C@H](NC(=O)[C@H](CC1CCCCC1)NC(=O)C1Cc2c([nH]c3ccccc23)C(CNC(=O)[C@@H](NC(=O)[C@](C)(N)c2ccccn2)c2ccccc2)N1)C(=O)O. The van der Waals surface area contributed by atoms with Crippen LogP contribution >= 0.6 is 0 Å². The second kappa shape index (κ2) is 17.2. The zero-order valence-corrected chi connectivity index (χ0v) is 31.1. The Bertz CT molecular complexity index is 2000. The number of H-pyrrole nitrogens is 1. The van der Waals surface area contributed by atoms with E-state index in [0.717, 1.165) is 54.3 Å². The predicted molar refractivity (Wildman–Crippen MR) is 206 cm³/mol. The maximum atomic E-state index is 14.1. The zero-order chi connectivity index (χ0) is 39.1. The molecule has 0 spiro atoms. The minimum Gasteiger partial charge on any atom is -0.480 e. The van der Waals surface area contributed by atoms with Gasteiger partial charge >= 0.3 is 5.97 Å². The van der Waals surface area contributed by atoms with Gasteiger partial charge in [-0.25, -0.2) is 0 Å². The lowest BCUT2D eigenvalue weighted by molar-refractivity contribution is -0.141. The summed E-state index contributed by atoms with van der Waals surface area (Å²) in [6.45, 7) is 2.97. The molecule has 4 aromatic rings. The number of aromatic amines is 1. The van der Waals surface area contributed by atoms with Gasteiger partial charge in [0, 0.05) is 29.3 Å². The van der Waals surface area contributed by atoms with Gasteiger partial charge in [0.1, 0.15) is 23.7 Å². The lowest BCUT2D eigenvalue weighted by Crippen LogP contribution is -2.57. The van der Waals surface area contributed by atoms with E-state index in [1.54, 1.807) is 48.7 Å². The molecule has 1 aliphatic heterocycles. The number of carboxylic acids is 1. The van der Waals surface area contributed by atoms with Crippen LogP contribution in [0.2, 0.25) is 0 Å². The van der Waals surface area contributed by atoms with Gasteiger partial charge in [0.2, 0.25) is 23.6 Å². The van der Waals surface area contributed by atoms with Crippen LogP contribution < -0.4 is 32.3 Å². The Kier molecular flexibility index (Phi) is 12.3. The molecule has 4 amide bonds. The summed E-state index contributed by atoms with van der Waals surface area (Å²) in [5, 5.41) is 25.1. The smallest absolute Gasteiger partial charge is 0.325 e. The fourth-order valence-corrected chi connectivity index (χ4v) is 7.61. The molecule has 2 unspecified atom stereocenters. The Hall–Kier alpha value is -5.60. The van der Waals surface area contributed by atoms with Crippen LogP contribution in [0.15, 0.2) is 79.0 Å². The maximum Gasteiger partial charge on any atom is 0.325 e. The number of fused-ring (bicyclic) bond motifs is 3. The highest BCUT2D eigenvalue weighted by molar-refractivity contribution is 5.94. The van der Waals surface area contributed by atoms with Gasteiger partial charge in [-0.15, -0.1) is 0 Å². The zero-order valence-electron chi connectivity index (χ0n) is 31.1. The summed E-state index contributed by atoms with van der Waals surface area (Å²) in [6, 6.07) is 17.2. The monoisotopic (exact) mass is 750 g/mol. The average molecular weight is 751 g/mol. The molecule has 55 heavy (non-hydrogen) atoms. The third-order valence-electron chi connectivity index (χ3n) is 10.8. The van der Waals surface area contributed by atoms with Crippen molar-refractivity contribution in [2.45, 2.75) is 94.5 Å². The molecule has 14 heteroatoms. The third-order valence-corrected chi connectivity index (χ3v) is 10.8. The number of carbonyl (C=O) groups is 5. The fourth-order valence-electron chi connectivity index (χ4n) is 7.61. The summed E-state index contributed by atoms with van der Waals surface area (Å²) in [5.41, 5.74) is 8.41. The summed E-state index contributed by atoms with van der Waals surface area (Å²) in [4.78, 5) is 74.5. The summed E-state index contributed by atoms with van der Waals surface area (Å²) < 4.78 is 0. The number of aromatic nitrogens is 2. The number of rotatable bonds is 14. The molecule has 6 atom stereocenters. The van der Waals surface area contributed by atoms with Crippen molar-refractivity contribution in [1.29, 1.82) is 0 Å². The molecule has 1 fully saturated rings. The van der Waals surface area contributed by atoms with Crippen molar-refractivity contribution >= 4 is 40.5 Å². The number of para-hydroxylation sites is 1. The Balaban J connectivity index is 1.22. The molecule has 0 saturated heterocycles. The van der Waals surface area contributed by atoms with Crippen LogP contribution in [0.3, 0.4) is 0 Å². The van der Waals surface area contributed by atoms with Crippen molar-refractivity contribution in [2.75, 3.05) is 6.54 Å². The molecule has 2 aromatic heterocycles. The number of amides is 4. The van der Waals surface area contributed by atoms with E-state index in [9.17, 15) is 29.1 Å². The van der Waals surface area contributed by atoms with Crippen molar-refractivity contribution in [3.63, 3.8) is 0 Å². The largest absolute Gasteiger partial charge is 0.480 e. The van der Waals surface area contributed by atoms with E-state index in [2.05, 4.69) is 36.6 Å². The van der Waals surface area contributed by atoms with E-state index in [-0.39, 0.29) is 12.5 Å². The van der Waals surface area contributed by atoms with E-state index in [4.69, 9.17) is 5.73 Å². The molecule has 6 rings (SSSR count). The van der Waals surface area contributed by atoms with E-state index >= 15 is 0 Å². The van der Waals surface area contributed by atoms with E-state index < -0.39 is 65.3 Å². The summed E-state index contributed by atoms with van der Waals surface area (Å²) in [7, 11) is 0. The Morgan fingerprint density at radius 1 is 0.909 bits per heavy atom. The number of carbonyl (C=O) groups excluding carboxylic acids is 4. The molecule has 290 valence electrons. The molecule has 9 N–H and O–H groups in total. The van der Waals surface area contributed by atoms with Gasteiger partial charge in [0.15, 0.2) is 0 Å². The van der Waals surface area contributed by atoms with Gasteiger partial charge in [-0.1, -0.05) is 86.7 Å². The lowest BCUT2D eigenvalue weighted by Gasteiger charge is -2.33. The molecule has 0 radical (unpaired) electrons. The third kappa shape index (κ3) is 9.20. The second-order valence-corrected chi connectivity index (χ2v) is 14.9. The minimum absolute atomic E-state index is 0.0455. The number of nitrogens with two attached hydrogens (primary N) is 1. The van der Waals surface area contributed by atoms with E-state index in [1.807, 2.05) is 30.3 Å². The average Bonchev–Trinajstić information content (AvgIpc) is 3.58. The summed E-state index contributed by atoms with van der Waals surface area (Å²) in [5.74, 6) is -2.96. The van der Waals surface area contributed by atoms with Gasteiger partial charge in [0.05, 0.1) is 17.8 Å².